The first-order valence-corrected chi connectivity index (χ1v) is 13.4. The Morgan fingerprint density at radius 1 is 1.11 bits per heavy atom. The molecule has 12 heteroatoms. The van der Waals surface area contributed by atoms with Crippen molar-refractivity contribution in [3.8, 4) is 11.8 Å². The van der Waals surface area contributed by atoms with Crippen LogP contribution in [0.2, 0.25) is 0 Å². The van der Waals surface area contributed by atoms with Gasteiger partial charge < -0.3 is 14.5 Å². The third-order valence-electron chi connectivity index (χ3n) is 4.94. The molecule has 0 saturated heterocycles. The third kappa shape index (κ3) is 7.03. The first-order chi connectivity index (χ1) is 17.0. The van der Waals surface area contributed by atoms with E-state index in [1.807, 2.05) is 21.8 Å². The highest BCUT2D eigenvalue weighted by molar-refractivity contribution is 7.89. The summed E-state index contributed by atoms with van der Waals surface area (Å²) in [5.74, 6) is -0.407. The monoisotopic (exact) mass is 527 g/mol. The predicted octanol–water partition coefficient (Wildman–Crippen LogP) is 2.82. The summed E-state index contributed by atoms with van der Waals surface area (Å²) in [5, 5.41) is 9.62. The van der Waals surface area contributed by atoms with E-state index in [0.29, 0.717) is 27.9 Å². The molecule has 0 aliphatic rings. The molecule has 0 unspecified atom stereocenters. The fourth-order valence-corrected chi connectivity index (χ4v) is 4.42. The summed E-state index contributed by atoms with van der Waals surface area (Å²) in [5.41, 5.74) is 2.14. The van der Waals surface area contributed by atoms with Gasteiger partial charge in [0.15, 0.2) is 11.7 Å². The van der Waals surface area contributed by atoms with Crippen LogP contribution in [0.4, 0.5) is 10.8 Å². The highest BCUT2D eigenvalue weighted by Gasteiger charge is 2.22. The Kier molecular flexibility index (Phi) is 8.29. The zero-order valence-corrected chi connectivity index (χ0v) is 21.8. The van der Waals surface area contributed by atoms with Crippen LogP contribution in [0.15, 0.2) is 48.5 Å². The van der Waals surface area contributed by atoms with Gasteiger partial charge in [-0.15, -0.1) is 11.3 Å². The van der Waals surface area contributed by atoms with Gasteiger partial charge in [0.1, 0.15) is 11.4 Å². The number of amides is 2. The molecule has 0 aliphatic carbocycles. The largest absolute Gasteiger partial charge is 0.484 e. The van der Waals surface area contributed by atoms with Crippen molar-refractivity contribution in [1.82, 2.24) is 14.6 Å². The number of nitriles is 1. The Balaban J connectivity index is 1.89. The SMILES string of the molecule is Cc1sc(N(Cc2ccc(OCC(=O)N(C)C)cc2)c2ccc(C#N)cc2)nc1C(=O)NS(C)(=O)=O. The van der Waals surface area contributed by atoms with Gasteiger partial charge in [-0.2, -0.15) is 5.26 Å². The molecular weight excluding hydrogens is 502 g/mol. The van der Waals surface area contributed by atoms with E-state index in [9.17, 15) is 18.0 Å². The summed E-state index contributed by atoms with van der Waals surface area (Å²) in [6, 6.07) is 16.2. The molecule has 0 spiro atoms. The Hall–Kier alpha value is -3.95. The van der Waals surface area contributed by atoms with Crippen molar-refractivity contribution in [3.63, 3.8) is 0 Å². The van der Waals surface area contributed by atoms with Gasteiger partial charge in [-0.25, -0.2) is 18.1 Å². The number of carbonyl (C=O) groups is 2. The second kappa shape index (κ2) is 11.2. The molecule has 2 aromatic carbocycles. The van der Waals surface area contributed by atoms with E-state index in [-0.39, 0.29) is 18.2 Å². The summed E-state index contributed by atoms with van der Waals surface area (Å²) in [7, 11) is -0.430. The molecule has 2 amide bonds. The van der Waals surface area contributed by atoms with E-state index >= 15 is 0 Å². The topological polar surface area (TPSA) is 133 Å². The molecule has 0 fully saturated rings. The van der Waals surface area contributed by atoms with Gasteiger partial charge >= 0.3 is 0 Å². The predicted molar refractivity (Wildman–Crippen MR) is 137 cm³/mol. The second-order valence-corrected chi connectivity index (χ2v) is 11.0. The number of nitrogens with one attached hydrogen (secondary N) is 1. The second-order valence-electron chi connectivity index (χ2n) is 8.07. The normalized spacial score (nSPS) is 10.9. The summed E-state index contributed by atoms with van der Waals surface area (Å²) < 4.78 is 30.5. The molecule has 10 nitrogen and oxygen atoms in total. The van der Waals surface area contributed by atoms with E-state index in [0.717, 1.165) is 17.5 Å². The van der Waals surface area contributed by atoms with Crippen molar-refractivity contribution in [1.29, 1.82) is 5.26 Å². The number of thiazole rings is 1. The van der Waals surface area contributed by atoms with Crippen molar-refractivity contribution >= 4 is 44.0 Å². The number of benzene rings is 2. The van der Waals surface area contributed by atoms with Gasteiger partial charge in [0.2, 0.25) is 10.0 Å². The summed E-state index contributed by atoms with van der Waals surface area (Å²) in [6.07, 6.45) is 0.903. The van der Waals surface area contributed by atoms with Gasteiger partial charge in [0.25, 0.3) is 11.8 Å². The summed E-state index contributed by atoms with van der Waals surface area (Å²) in [6.45, 7) is 1.99. The van der Waals surface area contributed by atoms with Crippen molar-refractivity contribution in [3.05, 3.63) is 70.2 Å². The van der Waals surface area contributed by atoms with Crippen LogP contribution in [0, 0.1) is 18.3 Å². The lowest BCUT2D eigenvalue weighted by molar-refractivity contribution is -0.130. The van der Waals surface area contributed by atoms with Crippen molar-refractivity contribution < 1.29 is 22.7 Å². The zero-order valence-electron chi connectivity index (χ0n) is 20.2. The van der Waals surface area contributed by atoms with Gasteiger partial charge in [0.05, 0.1) is 24.4 Å². The minimum atomic E-state index is -3.74. The fraction of sp³-hybridized carbons (Fsp3) is 0.250. The number of carbonyl (C=O) groups excluding carboxylic acids is 2. The Labute approximate surface area is 213 Å². The number of sulfonamides is 1. The minimum Gasteiger partial charge on any atom is -0.484 e. The highest BCUT2D eigenvalue weighted by atomic mass is 32.2. The lowest BCUT2D eigenvalue weighted by Crippen LogP contribution is -2.30. The van der Waals surface area contributed by atoms with Crippen molar-refractivity contribution in [2.24, 2.45) is 0 Å². The molecule has 1 N–H and O–H groups in total. The van der Waals surface area contributed by atoms with Crippen LogP contribution in [0.25, 0.3) is 0 Å². The number of ether oxygens (including phenoxy) is 1. The zero-order chi connectivity index (χ0) is 26.5. The minimum absolute atomic E-state index is 0.0216. The lowest BCUT2D eigenvalue weighted by Gasteiger charge is -2.22. The number of hydrogen-bond donors (Lipinski definition) is 1. The number of anilines is 2. The van der Waals surface area contributed by atoms with Gasteiger partial charge in [-0.1, -0.05) is 12.1 Å². The molecule has 3 rings (SSSR count). The van der Waals surface area contributed by atoms with E-state index in [2.05, 4.69) is 11.1 Å². The molecule has 3 aromatic rings. The van der Waals surface area contributed by atoms with Crippen LogP contribution < -0.4 is 14.4 Å². The summed E-state index contributed by atoms with van der Waals surface area (Å²) >= 11 is 1.25. The molecule has 0 saturated carbocycles. The van der Waals surface area contributed by atoms with E-state index in [4.69, 9.17) is 10.00 Å². The molecular formula is C24H25N5O5S2. The van der Waals surface area contributed by atoms with Crippen molar-refractivity contribution in [2.45, 2.75) is 13.5 Å². The average Bonchev–Trinajstić information content (AvgIpc) is 3.22. The van der Waals surface area contributed by atoms with Crippen molar-refractivity contribution in [2.75, 3.05) is 31.9 Å². The van der Waals surface area contributed by atoms with Crippen LogP contribution in [0.1, 0.15) is 26.5 Å². The van der Waals surface area contributed by atoms with Crippen LogP contribution in [0.5, 0.6) is 5.75 Å². The molecule has 36 heavy (non-hydrogen) atoms. The Morgan fingerprint density at radius 3 is 2.31 bits per heavy atom. The lowest BCUT2D eigenvalue weighted by atomic mass is 10.1. The van der Waals surface area contributed by atoms with Crippen LogP contribution >= 0.6 is 11.3 Å². The number of aromatic nitrogens is 1. The molecule has 1 heterocycles. The number of aryl methyl sites for hydroxylation is 1. The molecule has 0 atom stereocenters. The molecule has 0 bridgehead atoms. The maximum absolute atomic E-state index is 12.4. The molecule has 1 aromatic heterocycles. The first kappa shape index (κ1) is 26.7. The van der Waals surface area contributed by atoms with Gasteiger partial charge in [-0.05, 0) is 48.9 Å². The first-order valence-electron chi connectivity index (χ1n) is 10.7. The summed E-state index contributed by atoms with van der Waals surface area (Å²) in [4.78, 5) is 32.5. The maximum Gasteiger partial charge on any atom is 0.284 e. The van der Waals surface area contributed by atoms with Crippen LogP contribution in [-0.4, -0.2) is 57.1 Å². The maximum atomic E-state index is 12.4. The number of hydrogen-bond acceptors (Lipinski definition) is 9. The van der Waals surface area contributed by atoms with Crippen LogP contribution in [-0.2, 0) is 21.4 Å². The molecule has 0 radical (unpaired) electrons. The van der Waals surface area contributed by atoms with E-state index < -0.39 is 15.9 Å². The Morgan fingerprint density at radius 2 is 1.75 bits per heavy atom. The fourth-order valence-electron chi connectivity index (χ4n) is 3.06. The van der Waals surface area contributed by atoms with Gasteiger partial charge in [0, 0.05) is 24.7 Å². The van der Waals surface area contributed by atoms with Crippen LogP contribution in [0.3, 0.4) is 0 Å². The average molecular weight is 528 g/mol. The molecule has 0 aliphatic heterocycles. The van der Waals surface area contributed by atoms with E-state index in [1.165, 1.54) is 16.2 Å². The van der Waals surface area contributed by atoms with Gasteiger partial charge in [-0.3, -0.25) is 9.59 Å². The molecule has 188 valence electrons. The quantitative estimate of drug-likeness (QED) is 0.449. The standard InChI is InChI=1S/C24H25N5O5S2/c1-16-22(23(31)27-36(4,32)33)26-24(35-16)29(19-9-5-17(13-25)6-10-19)14-18-7-11-20(12-8-18)34-15-21(30)28(2)3/h5-12H,14-15H2,1-4H3,(H,27,31). The number of likely N-dealkylation sites (N-methyl/N-ethyl adjacent to an activating group) is 1. The highest BCUT2D eigenvalue weighted by Crippen LogP contribution is 2.33. The number of rotatable bonds is 9. The van der Waals surface area contributed by atoms with E-state index in [1.54, 1.807) is 57.4 Å². The Bertz CT molecular complexity index is 1390. The third-order valence-corrected chi connectivity index (χ3v) is 6.49. The smallest absolute Gasteiger partial charge is 0.284 e. The number of nitrogens with zero attached hydrogens (tertiary/aromatic N) is 4.